The first-order valence-electron chi connectivity index (χ1n) is 4.97. The van der Waals surface area contributed by atoms with E-state index in [2.05, 4.69) is 0 Å². The quantitative estimate of drug-likeness (QED) is 0.813. The molecular formula is C12H13NO3. The number of hydrogen-bond donors (Lipinski definition) is 2. The Balaban J connectivity index is 2.67. The number of phenolic OH excluding ortho intramolecular Hbond substituents is 1. The molecule has 0 fully saturated rings. The molecule has 1 aromatic carbocycles. The van der Waals surface area contributed by atoms with Crippen LogP contribution in [-0.2, 0) is 10.3 Å². The summed E-state index contributed by atoms with van der Waals surface area (Å²) in [5.41, 5.74) is -0.205. The van der Waals surface area contributed by atoms with E-state index in [1.54, 1.807) is 48.9 Å². The molecule has 1 heterocycles. The Kier molecular flexibility index (Phi) is 2.15. The van der Waals surface area contributed by atoms with Gasteiger partial charge in [0.2, 0.25) is 0 Å². The maximum atomic E-state index is 11.2. The van der Waals surface area contributed by atoms with Gasteiger partial charge in [-0.1, -0.05) is 0 Å². The zero-order valence-electron chi connectivity index (χ0n) is 9.14. The normalized spacial score (nSPS) is 11.9. The smallest absolute Gasteiger partial charge is 0.329 e. The Bertz CT molecular complexity index is 554. The van der Waals surface area contributed by atoms with Crippen molar-refractivity contribution in [2.24, 2.45) is 0 Å². The standard InChI is InChI=1S/C12H13NO3/c1-12(2,11(15)16)13-6-5-8-7-9(14)3-4-10(8)13/h3-7,14H,1-2H3,(H,15,16). The zero-order valence-corrected chi connectivity index (χ0v) is 9.14. The van der Waals surface area contributed by atoms with Crippen molar-refractivity contribution in [3.63, 3.8) is 0 Å². The Morgan fingerprint density at radius 1 is 1.31 bits per heavy atom. The minimum absolute atomic E-state index is 0.179. The predicted octanol–water partition coefficient (Wildman–Crippen LogP) is 2.17. The molecule has 2 rings (SSSR count). The Labute approximate surface area is 92.7 Å². The summed E-state index contributed by atoms with van der Waals surface area (Å²) >= 11 is 0. The van der Waals surface area contributed by atoms with E-state index >= 15 is 0 Å². The number of benzene rings is 1. The Morgan fingerprint density at radius 3 is 2.62 bits per heavy atom. The number of carboxylic acids is 1. The van der Waals surface area contributed by atoms with Crippen LogP contribution < -0.4 is 0 Å². The lowest BCUT2D eigenvalue weighted by Gasteiger charge is -2.22. The number of aliphatic carboxylic acids is 1. The molecule has 0 saturated heterocycles. The number of aromatic hydroxyl groups is 1. The van der Waals surface area contributed by atoms with Crippen LogP contribution in [0.4, 0.5) is 0 Å². The molecule has 0 amide bonds. The van der Waals surface area contributed by atoms with Crippen LogP contribution in [0.25, 0.3) is 10.9 Å². The van der Waals surface area contributed by atoms with Gasteiger partial charge in [-0.15, -0.1) is 0 Å². The Morgan fingerprint density at radius 2 is 2.00 bits per heavy atom. The van der Waals surface area contributed by atoms with Crippen molar-refractivity contribution in [2.45, 2.75) is 19.4 Å². The fourth-order valence-corrected chi connectivity index (χ4v) is 1.72. The van der Waals surface area contributed by atoms with Crippen molar-refractivity contribution < 1.29 is 15.0 Å². The number of phenols is 1. The van der Waals surface area contributed by atoms with Crippen LogP contribution in [-0.4, -0.2) is 20.7 Å². The zero-order chi connectivity index (χ0) is 11.9. The van der Waals surface area contributed by atoms with E-state index in [9.17, 15) is 9.90 Å². The molecule has 2 N–H and O–H groups in total. The highest BCUT2D eigenvalue weighted by Gasteiger charge is 2.29. The molecule has 2 aromatic rings. The summed E-state index contributed by atoms with van der Waals surface area (Å²) in [6, 6.07) is 6.68. The first-order chi connectivity index (χ1) is 7.43. The average Bonchev–Trinajstić information content (AvgIpc) is 2.60. The number of carbonyl (C=O) groups is 1. The minimum Gasteiger partial charge on any atom is -0.508 e. The summed E-state index contributed by atoms with van der Waals surface area (Å²) in [4.78, 5) is 11.2. The van der Waals surface area contributed by atoms with E-state index < -0.39 is 11.5 Å². The van der Waals surface area contributed by atoms with Crippen LogP contribution >= 0.6 is 0 Å². The van der Waals surface area contributed by atoms with Gasteiger partial charge in [0, 0.05) is 17.1 Å². The number of hydrogen-bond acceptors (Lipinski definition) is 2. The van der Waals surface area contributed by atoms with E-state index in [1.165, 1.54) is 0 Å². The van der Waals surface area contributed by atoms with Gasteiger partial charge in [-0.05, 0) is 38.1 Å². The van der Waals surface area contributed by atoms with Crippen LogP contribution in [0.5, 0.6) is 5.75 Å². The van der Waals surface area contributed by atoms with E-state index in [0.717, 1.165) is 10.9 Å². The maximum Gasteiger partial charge on any atom is 0.329 e. The lowest BCUT2D eigenvalue weighted by molar-refractivity contribution is -0.145. The van der Waals surface area contributed by atoms with E-state index in [-0.39, 0.29) is 5.75 Å². The van der Waals surface area contributed by atoms with Crippen LogP contribution in [0.2, 0.25) is 0 Å². The van der Waals surface area contributed by atoms with Crippen LogP contribution in [0, 0.1) is 0 Å². The molecule has 0 aliphatic carbocycles. The summed E-state index contributed by atoms with van der Waals surface area (Å²) in [6.45, 7) is 3.28. The largest absolute Gasteiger partial charge is 0.508 e. The van der Waals surface area contributed by atoms with Crippen molar-refractivity contribution >= 4 is 16.9 Å². The number of nitrogens with zero attached hydrogens (tertiary/aromatic N) is 1. The maximum absolute atomic E-state index is 11.2. The van der Waals surface area contributed by atoms with Gasteiger partial charge < -0.3 is 14.8 Å². The summed E-state index contributed by atoms with van der Waals surface area (Å²) in [7, 11) is 0. The third kappa shape index (κ3) is 1.43. The average molecular weight is 219 g/mol. The molecule has 1 aromatic heterocycles. The van der Waals surface area contributed by atoms with Crippen molar-refractivity contribution in [1.82, 2.24) is 4.57 Å². The predicted molar refractivity (Wildman–Crippen MR) is 60.6 cm³/mol. The van der Waals surface area contributed by atoms with Gasteiger partial charge in [0.1, 0.15) is 11.3 Å². The van der Waals surface area contributed by atoms with E-state index in [1.807, 2.05) is 0 Å². The first-order valence-corrected chi connectivity index (χ1v) is 4.97. The highest BCUT2D eigenvalue weighted by molar-refractivity contribution is 5.85. The third-order valence-electron chi connectivity index (χ3n) is 2.80. The van der Waals surface area contributed by atoms with Gasteiger partial charge in [-0.2, -0.15) is 0 Å². The molecule has 0 radical (unpaired) electrons. The summed E-state index contributed by atoms with van der Waals surface area (Å²) < 4.78 is 1.68. The fraction of sp³-hybridized carbons (Fsp3) is 0.250. The van der Waals surface area contributed by atoms with Gasteiger partial charge in [-0.25, -0.2) is 4.79 Å². The number of aromatic nitrogens is 1. The highest BCUT2D eigenvalue weighted by atomic mass is 16.4. The molecular weight excluding hydrogens is 206 g/mol. The molecule has 0 atom stereocenters. The molecule has 16 heavy (non-hydrogen) atoms. The molecule has 0 aliphatic heterocycles. The van der Waals surface area contributed by atoms with Gasteiger partial charge in [0.15, 0.2) is 0 Å². The van der Waals surface area contributed by atoms with Crippen molar-refractivity contribution in [2.75, 3.05) is 0 Å². The van der Waals surface area contributed by atoms with Crippen LogP contribution in [0.1, 0.15) is 13.8 Å². The number of carboxylic acid groups (broad SMARTS) is 1. The van der Waals surface area contributed by atoms with E-state index in [0.29, 0.717) is 0 Å². The van der Waals surface area contributed by atoms with Crippen LogP contribution in [0.3, 0.4) is 0 Å². The minimum atomic E-state index is -1.00. The Hall–Kier alpha value is -1.97. The first kappa shape index (κ1) is 10.5. The summed E-state index contributed by atoms with van der Waals surface area (Å²) in [5.74, 6) is -0.712. The molecule has 4 heteroatoms. The van der Waals surface area contributed by atoms with Crippen molar-refractivity contribution in [3.05, 3.63) is 30.5 Å². The molecule has 84 valence electrons. The monoisotopic (exact) mass is 219 g/mol. The van der Waals surface area contributed by atoms with Gasteiger partial charge >= 0.3 is 5.97 Å². The molecule has 0 aliphatic rings. The number of rotatable bonds is 2. The van der Waals surface area contributed by atoms with Gasteiger partial charge in [-0.3, -0.25) is 0 Å². The van der Waals surface area contributed by atoms with Crippen LogP contribution in [0.15, 0.2) is 30.5 Å². The fourth-order valence-electron chi connectivity index (χ4n) is 1.72. The number of fused-ring (bicyclic) bond motifs is 1. The highest BCUT2D eigenvalue weighted by Crippen LogP contribution is 2.26. The molecule has 0 bridgehead atoms. The van der Waals surface area contributed by atoms with Crippen molar-refractivity contribution in [3.8, 4) is 5.75 Å². The lowest BCUT2D eigenvalue weighted by Crippen LogP contribution is -2.34. The summed E-state index contributed by atoms with van der Waals surface area (Å²) in [6.07, 6.45) is 1.72. The molecule has 0 saturated carbocycles. The summed E-state index contributed by atoms with van der Waals surface area (Å²) in [5, 5.41) is 19.3. The van der Waals surface area contributed by atoms with E-state index in [4.69, 9.17) is 5.11 Å². The van der Waals surface area contributed by atoms with Gasteiger partial charge in [0.25, 0.3) is 0 Å². The lowest BCUT2D eigenvalue weighted by atomic mass is 10.1. The molecule has 0 spiro atoms. The second-order valence-electron chi connectivity index (χ2n) is 4.29. The van der Waals surface area contributed by atoms with Gasteiger partial charge in [0.05, 0.1) is 0 Å². The second kappa shape index (κ2) is 3.27. The third-order valence-corrected chi connectivity index (χ3v) is 2.80. The molecule has 0 unspecified atom stereocenters. The topological polar surface area (TPSA) is 62.5 Å². The second-order valence-corrected chi connectivity index (χ2v) is 4.29. The SMILES string of the molecule is CC(C)(C(=O)O)n1ccc2cc(O)ccc21. The van der Waals surface area contributed by atoms with Crippen molar-refractivity contribution in [1.29, 1.82) is 0 Å². The molecule has 4 nitrogen and oxygen atoms in total.